The highest BCUT2D eigenvalue weighted by Gasteiger charge is 2.15. The lowest BCUT2D eigenvalue weighted by Gasteiger charge is -2.16. The maximum atomic E-state index is 12.2. The van der Waals surface area contributed by atoms with Gasteiger partial charge in [-0.2, -0.15) is 0 Å². The molecule has 0 saturated heterocycles. The Bertz CT molecular complexity index is 981. The molecule has 2 N–H and O–H groups in total. The molecule has 1 amide bonds. The van der Waals surface area contributed by atoms with Gasteiger partial charge in [-0.15, -0.1) is 0 Å². The third-order valence-corrected chi connectivity index (χ3v) is 4.62. The predicted molar refractivity (Wildman–Crippen MR) is 112 cm³/mol. The van der Waals surface area contributed by atoms with Gasteiger partial charge >= 0.3 is 0 Å². The Morgan fingerprint density at radius 2 is 1.83 bits per heavy atom. The number of rotatable bonds is 7. The average molecular weight is 388 g/mol. The zero-order valence-electron chi connectivity index (χ0n) is 16.8. The Morgan fingerprint density at radius 3 is 2.48 bits per heavy atom. The molecular formula is C23H24N4O2. The molecule has 2 heterocycles. The number of nitrogens with zero attached hydrogens (tertiary/aromatic N) is 2. The van der Waals surface area contributed by atoms with Gasteiger partial charge < -0.3 is 10.1 Å². The maximum absolute atomic E-state index is 12.2. The highest BCUT2D eigenvalue weighted by molar-refractivity contribution is 6.12. The van der Waals surface area contributed by atoms with E-state index < -0.39 is 0 Å². The topological polar surface area (TPSA) is 88.0 Å². The largest absolute Gasteiger partial charge is 0.468 e. The van der Waals surface area contributed by atoms with Crippen LogP contribution < -0.4 is 10.1 Å². The van der Waals surface area contributed by atoms with Gasteiger partial charge in [0.05, 0.1) is 17.4 Å². The van der Waals surface area contributed by atoms with Crippen molar-refractivity contribution in [2.24, 2.45) is 0 Å². The Morgan fingerprint density at radius 1 is 1.14 bits per heavy atom. The molecular weight excluding hydrogens is 364 g/mol. The van der Waals surface area contributed by atoms with Crippen molar-refractivity contribution >= 4 is 11.6 Å². The van der Waals surface area contributed by atoms with Gasteiger partial charge in [-0.1, -0.05) is 30.3 Å². The van der Waals surface area contributed by atoms with Gasteiger partial charge in [0.25, 0.3) is 5.91 Å². The summed E-state index contributed by atoms with van der Waals surface area (Å²) in [5.74, 6) is 0.142. The zero-order valence-corrected chi connectivity index (χ0v) is 16.8. The molecule has 0 bridgehead atoms. The second-order valence-electron chi connectivity index (χ2n) is 6.84. The van der Waals surface area contributed by atoms with E-state index in [-0.39, 0.29) is 18.6 Å². The number of aromatic nitrogens is 2. The molecule has 0 aliphatic rings. The summed E-state index contributed by atoms with van der Waals surface area (Å²) in [5, 5.41) is 11.4. The van der Waals surface area contributed by atoms with Crippen LogP contribution in [0.15, 0.2) is 60.9 Å². The Kier molecular flexibility index (Phi) is 6.34. The molecule has 3 aromatic rings. The van der Waals surface area contributed by atoms with Crippen LogP contribution in [0.1, 0.15) is 40.9 Å². The first-order chi connectivity index (χ1) is 14.0. The van der Waals surface area contributed by atoms with Crippen LogP contribution >= 0.6 is 0 Å². The van der Waals surface area contributed by atoms with Crippen LogP contribution in [0.2, 0.25) is 0 Å². The highest BCUT2D eigenvalue weighted by atomic mass is 16.5. The van der Waals surface area contributed by atoms with E-state index in [0.717, 1.165) is 22.3 Å². The summed E-state index contributed by atoms with van der Waals surface area (Å²) in [7, 11) is 0. The first-order valence-electron chi connectivity index (χ1n) is 9.40. The quantitative estimate of drug-likeness (QED) is 0.603. The van der Waals surface area contributed by atoms with Crippen molar-refractivity contribution < 1.29 is 9.53 Å². The fourth-order valence-corrected chi connectivity index (χ4v) is 3.16. The SMILES string of the molecule is Cc1cc(OCC(=O)NC(C)c2ccncc2)nc(C)c1C(=N)c1ccccc1. The molecule has 0 aliphatic heterocycles. The number of aryl methyl sites for hydroxylation is 2. The molecule has 0 radical (unpaired) electrons. The van der Waals surface area contributed by atoms with Crippen LogP contribution in [-0.4, -0.2) is 28.2 Å². The molecule has 148 valence electrons. The number of hydrogen-bond acceptors (Lipinski definition) is 5. The first kappa shape index (κ1) is 20.2. The molecule has 2 aromatic heterocycles. The summed E-state index contributed by atoms with van der Waals surface area (Å²) in [6.07, 6.45) is 3.39. The number of hydrogen-bond donors (Lipinski definition) is 2. The monoisotopic (exact) mass is 388 g/mol. The standard InChI is InChI=1S/C23H24N4O2/c1-15-13-21(27-17(3)22(15)23(24)19-7-5-4-6-8-19)29-14-20(28)26-16(2)18-9-11-25-12-10-18/h4-13,16,24H,14H2,1-3H3,(H,26,28). The minimum absolute atomic E-state index is 0.128. The molecule has 0 fully saturated rings. The lowest BCUT2D eigenvalue weighted by molar-refractivity contribution is -0.123. The maximum Gasteiger partial charge on any atom is 0.258 e. The predicted octanol–water partition coefficient (Wildman–Crippen LogP) is 3.77. The highest BCUT2D eigenvalue weighted by Crippen LogP contribution is 2.21. The molecule has 6 nitrogen and oxygen atoms in total. The van der Waals surface area contributed by atoms with Crippen LogP contribution in [0.25, 0.3) is 0 Å². The fraction of sp³-hybridized carbons (Fsp3) is 0.217. The van der Waals surface area contributed by atoms with E-state index in [0.29, 0.717) is 17.3 Å². The molecule has 29 heavy (non-hydrogen) atoms. The van der Waals surface area contributed by atoms with Crippen molar-refractivity contribution in [2.75, 3.05) is 6.61 Å². The van der Waals surface area contributed by atoms with Gasteiger partial charge in [-0.25, -0.2) is 4.98 Å². The average Bonchev–Trinajstić information content (AvgIpc) is 2.73. The number of carbonyl (C=O) groups excluding carboxylic acids is 1. The summed E-state index contributed by atoms with van der Waals surface area (Å²) in [4.78, 5) is 20.6. The van der Waals surface area contributed by atoms with Gasteiger partial charge in [0.2, 0.25) is 5.88 Å². The number of amides is 1. The lowest BCUT2D eigenvalue weighted by atomic mass is 9.97. The molecule has 6 heteroatoms. The number of pyridine rings is 2. The van der Waals surface area contributed by atoms with Crippen LogP contribution in [0.5, 0.6) is 5.88 Å². The summed E-state index contributed by atoms with van der Waals surface area (Å²) >= 11 is 0. The summed E-state index contributed by atoms with van der Waals surface area (Å²) < 4.78 is 5.60. The van der Waals surface area contributed by atoms with E-state index in [2.05, 4.69) is 15.3 Å². The van der Waals surface area contributed by atoms with Crippen molar-refractivity contribution in [1.29, 1.82) is 5.41 Å². The third-order valence-electron chi connectivity index (χ3n) is 4.62. The van der Waals surface area contributed by atoms with Crippen LogP contribution in [-0.2, 0) is 4.79 Å². The molecule has 0 aliphatic carbocycles. The smallest absolute Gasteiger partial charge is 0.258 e. The normalized spacial score (nSPS) is 11.6. The zero-order chi connectivity index (χ0) is 20.8. The van der Waals surface area contributed by atoms with E-state index >= 15 is 0 Å². The molecule has 1 unspecified atom stereocenters. The fourth-order valence-electron chi connectivity index (χ4n) is 3.16. The van der Waals surface area contributed by atoms with Crippen molar-refractivity contribution in [2.45, 2.75) is 26.8 Å². The summed E-state index contributed by atoms with van der Waals surface area (Å²) in [5.41, 5.74) is 4.58. The second kappa shape index (κ2) is 9.10. The minimum Gasteiger partial charge on any atom is -0.468 e. The Labute approximate surface area is 170 Å². The van der Waals surface area contributed by atoms with E-state index in [1.165, 1.54) is 0 Å². The molecule has 1 atom stereocenters. The summed E-state index contributed by atoms with van der Waals surface area (Å²) in [6, 6.07) is 14.9. The number of benzene rings is 1. The Balaban J connectivity index is 1.65. The van der Waals surface area contributed by atoms with Gasteiger partial charge in [-0.3, -0.25) is 15.2 Å². The van der Waals surface area contributed by atoms with Gasteiger partial charge in [0, 0.05) is 29.6 Å². The van der Waals surface area contributed by atoms with E-state index in [4.69, 9.17) is 10.1 Å². The van der Waals surface area contributed by atoms with Gasteiger partial charge in [-0.05, 0) is 44.0 Å². The van der Waals surface area contributed by atoms with E-state index in [9.17, 15) is 4.79 Å². The number of nitrogens with one attached hydrogen (secondary N) is 2. The van der Waals surface area contributed by atoms with E-state index in [1.54, 1.807) is 18.5 Å². The van der Waals surface area contributed by atoms with Crippen molar-refractivity contribution in [3.05, 3.63) is 88.9 Å². The number of ether oxygens (including phenoxy) is 1. The Hall–Kier alpha value is -3.54. The van der Waals surface area contributed by atoms with Crippen LogP contribution in [0, 0.1) is 19.3 Å². The number of carbonyl (C=O) groups is 1. The van der Waals surface area contributed by atoms with Crippen molar-refractivity contribution in [1.82, 2.24) is 15.3 Å². The first-order valence-corrected chi connectivity index (χ1v) is 9.40. The van der Waals surface area contributed by atoms with Crippen LogP contribution in [0.4, 0.5) is 0 Å². The van der Waals surface area contributed by atoms with Crippen LogP contribution in [0.3, 0.4) is 0 Å². The minimum atomic E-state index is -0.229. The van der Waals surface area contributed by atoms with Gasteiger partial charge in [0.1, 0.15) is 0 Å². The van der Waals surface area contributed by atoms with Crippen molar-refractivity contribution in [3.63, 3.8) is 0 Å². The molecule has 0 saturated carbocycles. The lowest BCUT2D eigenvalue weighted by Crippen LogP contribution is -2.31. The second-order valence-corrected chi connectivity index (χ2v) is 6.84. The summed E-state index contributed by atoms with van der Waals surface area (Å²) in [6.45, 7) is 5.54. The molecule has 0 spiro atoms. The molecule has 3 rings (SSSR count). The van der Waals surface area contributed by atoms with Gasteiger partial charge in [0.15, 0.2) is 6.61 Å². The van der Waals surface area contributed by atoms with Crippen molar-refractivity contribution in [3.8, 4) is 5.88 Å². The third kappa shape index (κ3) is 5.04. The molecule has 1 aromatic carbocycles. The van der Waals surface area contributed by atoms with E-state index in [1.807, 2.05) is 63.2 Å².